The lowest BCUT2D eigenvalue weighted by Gasteiger charge is -2.14. The fourth-order valence-electron chi connectivity index (χ4n) is 2.64. The van der Waals surface area contributed by atoms with Crippen molar-refractivity contribution < 1.29 is 19.2 Å². The molecule has 27 heavy (non-hydrogen) atoms. The summed E-state index contributed by atoms with van der Waals surface area (Å²) < 4.78 is 0. The Morgan fingerprint density at radius 1 is 0.852 bits per heavy atom. The van der Waals surface area contributed by atoms with Crippen LogP contribution in [0.1, 0.15) is 27.1 Å². The average molecular weight is 362 g/mol. The lowest BCUT2D eigenvalue weighted by Crippen LogP contribution is -2.37. The highest BCUT2D eigenvalue weighted by molar-refractivity contribution is 6.22. The number of hydrogen-bond acceptors (Lipinski definition) is 5. The van der Waals surface area contributed by atoms with Crippen LogP contribution in [0.5, 0.6) is 0 Å². The van der Waals surface area contributed by atoms with Gasteiger partial charge in [-0.1, -0.05) is 12.1 Å². The lowest BCUT2D eigenvalue weighted by atomic mass is 10.1. The van der Waals surface area contributed by atoms with Gasteiger partial charge in [0.15, 0.2) is 0 Å². The molecule has 2 aromatic rings. The Morgan fingerprint density at radius 2 is 1.33 bits per heavy atom. The molecule has 2 N–H and O–H groups in total. The van der Waals surface area contributed by atoms with Gasteiger partial charge in [-0.3, -0.25) is 24.1 Å². The number of nitriles is 1. The van der Waals surface area contributed by atoms with Gasteiger partial charge >= 0.3 is 0 Å². The second-order valence-electron chi connectivity index (χ2n) is 5.75. The molecule has 134 valence electrons. The van der Waals surface area contributed by atoms with Crippen LogP contribution in [0, 0.1) is 11.3 Å². The second-order valence-corrected chi connectivity index (χ2v) is 5.75. The van der Waals surface area contributed by atoms with E-state index in [1.807, 2.05) is 0 Å². The Hall–Kier alpha value is -3.99. The van der Waals surface area contributed by atoms with Crippen LogP contribution in [-0.2, 0) is 9.59 Å². The van der Waals surface area contributed by atoms with Crippen molar-refractivity contribution in [3.8, 4) is 6.07 Å². The molecule has 0 saturated heterocycles. The number of nitrogens with zero attached hydrogens (tertiary/aromatic N) is 2. The largest absolute Gasteiger partial charge is 0.325 e. The predicted octanol–water partition coefficient (Wildman–Crippen LogP) is 1.77. The molecular formula is C19H14N4O4. The number of carbonyl (C=O) groups is 4. The van der Waals surface area contributed by atoms with E-state index in [2.05, 4.69) is 10.6 Å². The first kappa shape index (κ1) is 17.8. The smallest absolute Gasteiger partial charge is 0.262 e. The van der Waals surface area contributed by atoms with Crippen molar-refractivity contribution in [2.75, 3.05) is 17.2 Å². The van der Waals surface area contributed by atoms with Gasteiger partial charge in [-0.25, -0.2) is 0 Å². The summed E-state index contributed by atoms with van der Waals surface area (Å²) in [4.78, 5) is 49.0. The highest BCUT2D eigenvalue weighted by Gasteiger charge is 2.36. The molecule has 3 rings (SSSR count). The molecule has 1 heterocycles. The average Bonchev–Trinajstić information content (AvgIpc) is 2.89. The van der Waals surface area contributed by atoms with Crippen LogP contribution >= 0.6 is 0 Å². The van der Waals surface area contributed by atoms with E-state index in [0.29, 0.717) is 11.4 Å². The van der Waals surface area contributed by atoms with Crippen LogP contribution in [0.4, 0.5) is 11.4 Å². The first-order chi connectivity index (χ1) is 13.0. The quantitative estimate of drug-likeness (QED) is 0.786. The van der Waals surface area contributed by atoms with Crippen LogP contribution in [0.2, 0.25) is 0 Å². The van der Waals surface area contributed by atoms with Crippen molar-refractivity contribution in [1.29, 1.82) is 5.26 Å². The molecule has 2 aromatic carbocycles. The number of nitrogens with one attached hydrogen (secondary N) is 2. The van der Waals surface area contributed by atoms with Crippen molar-refractivity contribution in [3.05, 3.63) is 59.7 Å². The fraction of sp³-hybridized carbons (Fsp3) is 0.105. The summed E-state index contributed by atoms with van der Waals surface area (Å²) >= 11 is 0. The van der Waals surface area contributed by atoms with Crippen LogP contribution in [-0.4, -0.2) is 35.1 Å². The van der Waals surface area contributed by atoms with Crippen LogP contribution in [0.15, 0.2) is 48.5 Å². The number of rotatable bonds is 5. The summed E-state index contributed by atoms with van der Waals surface area (Å²) in [6.07, 6.45) is -0.251. The Kier molecular flexibility index (Phi) is 4.95. The zero-order valence-corrected chi connectivity index (χ0v) is 14.1. The number of fused-ring (bicyclic) bond motifs is 1. The number of imide groups is 1. The third kappa shape index (κ3) is 3.82. The minimum Gasteiger partial charge on any atom is -0.325 e. The molecule has 8 nitrogen and oxygen atoms in total. The van der Waals surface area contributed by atoms with Crippen molar-refractivity contribution >= 4 is 35.0 Å². The normalized spacial score (nSPS) is 12.3. The number of anilines is 2. The molecule has 4 amide bonds. The molecule has 0 spiro atoms. The van der Waals surface area contributed by atoms with Gasteiger partial charge in [-0.15, -0.1) is 0 Å². The molecule has 1 aliphatic rings. The summed E-state index contributed by atoms with van der Waals surface area (Å²) in [6, 6.07) is 14.4. The van der Waals surface area contributed by atoms with Gasteiger partial charge in [-0.2, -0.15) is 5.26 Å². The molecule has 0 atom stereocenters. The van der Waals surface area contributed by atoms with E-state index in [0.717, 1.165) is 4.90 Å². The summed E-state index contributed by atoms with van der Waals surface area (Å²) in [5, 5.41) is 13.6. The molecule has 8 heteroatoms. The zero-order valence-electron chi connectivity index (χ0n) is 14.1. The Morgan fingerprint density at radius 3 is 1.81 bits per heavy atom. The van der Waals surface area contributed by atoms with Crippen molar-refractivity contribution in [3.63, 3.8) is 0 Å². The number of hydrogen-bond donors (Lipinski definition) is 2. The molecule has 0 aromatic heterocycles. The highest BCUT2D eigenvalue weighted by atomic mass is 16.2. The lowest BCUT2D eigenvalue weighted by molar-refractivity contribution is -0.116. The maximum atomic E-state index is 12.3. The highest BCUT2D eigenvalue weighted by Crippen LogP contribution is 2.22. The molecule has 0 bridgehead atoms. The molecule has 0 aliphatic carbocycles. The summed E-state index contributed by atoms with van der Waals surface area (Å²) in [5.41, 5.74) is 1.49. The summed E-state index contributed by atoms with van der Waals surface area (Å²) in [7, 11) is 0. The maximum Gasteiger partial charge on any atom is 0.262 e. The van der Waals surface area contributed by atoms with Gasteiger partial charge in [0.1, 0.15) is 13.0 Å². The molecule has 1 aliphatic heterocycles. The summed E-state index contributed by atoms with van der Waals surface area (Å²) in [6.45, 7) is -0.396. The Bertz CT molecular complexity index is 941. The predicted molar refractivity (Wildman–Crippen MR) is 95.7 cm³/mol. The van der Waals surface area contributed by atoms with Gasteiger partial charge in [0, 0.05) is 11.4 Å². The van der Waals surface area contributed by atoms with Gasteiger partial charge < -0.3 is 10.6 Å². The van der Waals surface area contributed by atoms with Gasteiger partial charge in [0.25, 0.3) is 11.8 Å². The number of carbonyl (C=O) groups excluding carboxylic acids is 4. The van der Waals surface area contributed by atoms with E-state index >= 15 is 0 Å². The maximum absolute atomic E-state index is 12.3. The van der Waals surface area contributed by atoms with E-state index in [-0.39, 0.29) is 17.5 Å². The van der Waals surface area contributed by atoms with E-state index in [1.54, 1.807) is 54.6 Å². The molecular weight excluding hydrogens is 348 g/mol. The van der Waals surface area contributed by atoms with E-state index in [9.17, 15) is 19.2 Å². The molecule has 0 fully saturated rings. The molecule has 0 unspecified atom stereocenters. The van der Waals surface area contributed by atoms with E-state index in [4.69, 9.17) is 5.26 Å². The van der Waals surface area contributed by atoms with E-state index < -0.39 is 30.2 Å². The van der Waals surface area contributed by atoms with Crippen molar-refractivity contribution in [2.24, 2.45) is 0 Å². The minimum absolute atomic E-state index is 0.251. The standard InChI is InChI=1S/C19H14N4O4/c20-10-9-16(24)21-12-5-7-13(8-6-12)22-17(25)11-23-18(26)14-3-1-2-4-15(14)19(23)27/h1-8H,9,11H2,(H,21,24)(H,22,25). The topological polar surface area (TPSA) is 119 Å². The van der Waals surface area contributed by atoms with Crippen LogP contribution < -0.4 is 10.6 Å². The molecule has 0 radical (unpaired) electrons. The van der Waals surface area contributed by atoms with Crippen LogP contribution in [0.25, 0.3) is 0 Å². The second kappa shape index (κ2) is 7.49. The molecule has 0 saturated carbocycles. The summed E-state index contributed by atoms with van der Waals surface area (Å²) in [5.74, 6) is -1.95. The Labute approximate surface area is 154 Å². The SMILES string of the molecule is N#CCC(=O)Nc1ccc(NC(=O)CN2C(=O)c3ccccc3C2=O)cc1. The fourth-order valence-corrected chi connectivity index (χ4v) is 2.64. The minimum atomic E-state index is -0.522. The van der Waals surface area contributed by atoms with Crippen molar-refractivity contribution in [2.45, 2.75) is 6.42 Å². The third-order valence-corrected chi connectivity index (χ3v) is 3.87. The number of amides is 4. The van der Waals surface area contributed by atoms with Crippen LogP contribution in [0.3, 0.4) is 0 Å². The first-order valence-electron chi connectivity index (χ1n) is 8.01. The van der Waals surface area contributed by atoms with Gasteiger partial charge in [-0.05, 0) is 36.4 Å². The monoisotopic (exact) mass is 362 g/mol. The van der Waals surface area contributed by atoms with Gasteiger partial charge in [0.2, 0.25) is 11.8 Å². The number of benzene rings is 2. The Balaban J connectivity index is 1.60. The van der Waals surface area contributed by atoms with Gasteiger partial charge in [0.05, 0.1) is 17.2 Å². The first-order valence-corrected chi connectivity index (χ1v) is 8.01. The van der Waals surface area contributed by atoms with Crippen molar-refractivity contribution in [1.82, 2.24) is 4.90 Å². The zero-order chi connectivity index (χ0) is 19.4. The van der Waals surface area contributed by atoms with E-state index in [1.165, 1.54) is 0 Å². The third-order valence-electron chi connectivity index (χ3n) is 3.87.